The first kappa shape index (κ1) is 12.4. The Bertz CT molecular complexity index is 173. The Kier molecular flexibility index (Phi) is 6.51. The summed E-state index contributed by atoms with van der Waals surface area (Å²) in [7, 11) is 0. The first-order valence-corrected chi connectivity index (χ1v) is 4.89. The number of allylic oxidation sites excluding steroid dienone is 1. The van der Waals surface area contributed by atoms with Gasteiger partial charge in [-0.05, 0) is 31.8 Å². The maximum absolute atomic E-state index is 10.1. The fourth-order valence-electron chi connectivity index (χ4n) is 1.27. The highest BCUT2D eigenvalue weighted by Gasteiger charge is 2.08. The normalized spacial score (nSPS) is 16.8. The molecule has 0 radical (unpaired) electrons. The summed E-state index contributed by atoms with van der Waals surface area (Å²) in [4.78, 5) is 10.1. The maximum Gasteiger partial charge on any atom is 0.142 e. The van der Waals surface area contributed by atoms with Crippen LogP contribution in [0.5, 0.6) is 0 Å². The molecule has 0 aliphatic rings. The van der Waals surface area contributed by atoms with Crippen LogP contribution in [0.4, 0.5) is 0 Å². The zero-order valence-corrected chi connectivity index (χ0v) is 8.79. The highest BCUT2D eigenvalue weighted by Crippen LogP contribution is 2.14. The van der Waals surface area contributed by atoms with E-state index in [1.165, 1.54) is 6.08 Å². The summed E-state index contributed by atoms with van der Waals surface area (Å²) in [5.41, 5.74) is 0.950. The number of carbonyl (C=O) groups excluding carboxylic acids is 1. The molecule has 0 bridgehead atoms. The lowest BCUT2D eigenvalue weighted by molar-refractivity contribution is -0.104. The summed E-state index contributed by atoms with van der Waals surface area (Å²) < 4.78 is 0. The van der Waals surface area contributed by atoms with Gasteiger partial charge in [0.2, 0.25) is 0 Å². The standard InChI is InChI=1S/C11H20O2/c1-4-9(2)7-11(13)8-10(3)5-6-12/h5-6,9,11,13H,4,7-8H2,1-3H3/b10-5+. The van der Waals surface area contributed by atoms with Crippen molar-refractivity contribution in [2.75, 3.05) is 0 Å². The number of rotatable bonds is 6. The Morgan fingerprint density at radius 2 is 2.15 bits per heavy atom. The summed E-state index contributed by atoms with van der Waals surface area (Å²) in [5, 5.41) is 9.59. The van der Waals surface area contributed by atoms with Gasteiger partial charge in [0.15, 0.2) is 0 Å². The first-order valence-electron chi connectivity index (χ1n) is 4.89. The second-order valence-corrected chi connectivity index (χ2v) is 3.76. The summed E-state index contributed by atoms with van der Waals surface area (Å²) in [6.45, 7) is 6.11. The number of aliphatic hydroxyl groups is 1. The molecule has 0 saturated carbocycles. The molecule has 0 aromatic carbocycles. The average Bonchev–Trinajstić information content (AvgIpc) is 2.04. The van der Waals surface area contributed by atoms with E-state index in [1.807, 2.05) is 6.92 Å². The minimum absolute atomic E-state index is 0.300. The van der Waals surface area contributed by atoms with Gasteiger partial charge in [0.25, 0.3) is 0 Å². The first-order chi connectivity index (χ1) is 6.10. The molecular formula is C11H20O2. The fraction of sp³-hybridized carbons (Fsp3) is 0.727. The molecule has 0 aliphatic heterocycles. The zero-order valence-electron chi connectivity index (χ0n) is 8.79. The van der Waals surface area contributed by atoms with Gasteiger partial charge in [-0.25, -0.2) is 0 Å². The number of aldehydes is 1. The highest BCUT2D eigenvalue weighted by atomic mass is 16.3. The van der Waals surface area contributed by atoms with E-state index in [1.54, 1.807) is 0 Å². The van der Waals surface area contributed by atoms with Crippen LogP contribution in [0, 0.1) is 5.92 Å². The lowest BCUT2D eigenvalue weighted by Gasteiger charge is -2.14. The smallest absolute Gasteiger partial charge is 0.142 e. The van der Waals surface area contributed by atoms with Crippen molar-refractivity contribution < 1.29 is 9.90 Å². The van der Waals surface area contributed by atoms with Gasteiger partial charge >= 0.3 is 0 Å². The van der Waals surface area contributed by atoms with E-state index < -0.39 is 0 Å². The molecule has 13 heavy (non-hydrogen) atoms. The number of carbonyl (C=O) groups is 1. The topological polar surface area (TPSA) is 37.3 Å². The summed E-state index contributed by atoms with van der Waals surface area (Å²) >= 11 is 0. The van der Waals surface area contributed by atoms with E-state index in [0.29, 0.717) is 12.3 Å². The number of aliphatic hydroxyl groups excluding tert-OH is 1. The Hall–Kier alpha value is -0.630. The van der Waals surface area contributed by atoms with Crippen LogP contribution in [0.2, 0.25) is 0 Å². The van der Waals surface area contributed by atoms with Gasteiger partial charge in [-0.1, -0.05) is 25.8 Å². The summed E-state index contributed by atoms with van der Waals surface area (Å²) in [6, 6.07) is 0. The summed E-state index contributed by atoms with van der Waals surface area (Å²) in [6.07, 6.45) is 4.51. The van der Waals surface area contributed by atoms with Crippen molar-refractivity contribution in [3.05, 3.63) is 11.6 Å². The van der Waals surface area contributed by atoms with Crippen LogP contribution in [0.1, 0.15) is 40.0 Å². The van der Waals surface area contributed by atoms with Crippen LogP contribution in [0.15, 0.2) is 11.6 Å². The van der Waals surface area contributed by atoms with E-state index >= 15 is 0 Å². The largest absolute Gasteiger partial charge is 0.393 e. The maximum atomic E-state index is 10.1. The van der Waals surface area contributed by atoms with Crippen molar-refractivity contribution in [3.8, 4) is 0 Å². The van der Waals surface area contributed by atoms with E-state index in [9.17, 15) is 9.90 Å². The molecule has 0 aromatic heterocycles. The van der Waals surface area contributed by atoms with E-state index in [0.717, 1.165) is 24.7 Å². The van der Waals surface area contributed by atoms with Crippen LogP contribution in [-0.4, -0.2) is 17.5 Å². The van der Waals surface area contributed by atoms with Crippen LogP contribution >= 0.6 is 0 Å². The zero-order chi connectivity index (χ0) is 10.3. The Morgan fingerprint density at radius 3 is 2.62 bits per heavy atom. The minimum Gasteiger partial charge on any atom is -0.393 e. The van der Waals surface area contributed by atoms with E-state index in [2.05, 4.69) is 13.8 Å². The van der Waals surface area contributed by atoms with Crippen LogP contribution in [0.3, 0.4) is 0 Å². The third-order valence-corrected chi connectivity index (χ3v) is 2.28. The molecule has 0 heterocycles. The number of hydrogen-bond acceptors (Lipinski definition) is 2. The Labute approximate surface area is 80.7 Å². The molecule has 1 N–H and O–H groups in total. The second kappa shape index (κ2) is 6.84. The van der Waals surface area contributed by atoms with E-state index in [4.69, 9.17) is 0 Å². The molecule has 2 unspecified atom stereocenters. The van der Waals surface area contributed by atoms with Crippen molar-refractivity contribution in [1.29, 1.82) is 0 Å². The highest BCUT2D eigenvalue weighted by molar-refractivity contribution is 5.65. The molecular weight excluding hydrogens is 164 g/mol. The van der Waals surface area contributed by atoms with Crippen molar-refractivity contribution >= 4 is 6.29 Å². The van der Waals surface area contributed by atoms with Gasteiger partial charge < -0.3 is 5.11 Å². The van der Waals surface area contributed by atoms with Gasteiger partial charge in [-0.3, -0.25) is 4.79 Å². The van der Waals surface area contributed by atoms with Gasteiger partial charge in [-0.15, -0.1) is 0 Å². The molecule has 0 aliphatic carbocycles. The summed E-state index contributed by atoms with van der Waals surface area (Å²) in [5.74, 6) is 0.555. The van der Waals surface area contributed by atoms with Gasteiger partial charge in [0, 0.05) is 0 Å². The number of hydrogen-bond donors (Lipinski definition) is 1. The van der Waals surface area contributed by atoms with Crippen molar-refractivity contribution in [2.45, 2.75) is 46.1 Å². The SMILES string of the molecule is CCC(C)CC(O)C/C(C)=C/C=O. The Balaban J connectivity index is 3.79. The molecule has 0 fully saturated rings. The molecule has 2 heteroatoms. The van der Waals surface area contributed by atoms with Gasteiger partial charge in [0.05, 0.1) is 6.10 Å². The molecule has 0 amide bonds. The lowest BCUT2D eigenvalue weighted by atomic mass is 9.97. The fourth-order valence-corrected chi connectivity index (χ4v) is 1.27. The van der Waals surface area contributed by atoms with Crippen LogP contribution in [0.25, 0.3) is 0 Å². The molecule has 0 aromatic rings. The molecule has 2 atom stereocenters. The minimum atomic E-state index is -0.300. The van der Waals surface area contributed by atoms with Crippen molar-refractivity contribution in [1.82, 2.24) is 0 Å². The quantitative estimate of drug-likeness (QED) is 0.508. The molecule has 76 valence electrons. The second-order valence-electron chi connectivity index (χ2n) is 3.76. The van der Waals surface area contributed by atoms with Crippen LogP contribution < -0.4 is 0 Å². The van der Waals surface area contributed by atoms with Gasteiger partial charge in [0.1, 0.15) is 6.29 Å². The predicted octanol–water partition coefficient (Wildman–Crippen LogP) is 2.32. The van der Waals surface area contributed by atoms with E-state index in [-0.39, 0.29) is 6.10 Å². The molecule has 0 saturated heterocycles. The third kappa shape index (κ3) is 6.52. The molecule has 0 rings (SSSR count). The lowest BCUT2D eigenvalue weighted by Crippen LogP contribution is -2.11. The Morgan fingerprint density at radius 1 is 1.54 bits per heavy atom. The molecule has 0 spiro atoms. The van der Waals surface area contributed by atoms with Crippen molar-refractivity contribution in [2.24, 2.45) is 5.92 Å². The third-order valence-electron chi connectivity index (χ3n) is 2.28. The van der Waals surface area contributed by atoms with Crippen molar-refractivity contribution in [3.63, 3.8) is 0 Å². The average molecular weight is 184 g/mol. The van der Waals surface area contributed by atoms with Gasteiger partial charge in [-0.2, -0.15) is 0 Å². The predicted molar refractivity (Wildman–Crippen MR) is 54.5 cm³/mol. The molecule has 2 nitrogen and oxygen atoms in total. The monoisotopic (exact) mass is 184 g/mol. The van der Waals surface area contributed by atoms with Crippen LogP contribution in [-0.2, 0) is 4.79 Å².